The van der Waals surface area contributed by atoms with Crippen LogP contribution in [0, 0.1) is 0 Å². The Labute approximate surface area is 117 Å². The molecule has 0 bridgehead atoms. The minimum atomic E-state index is -0.173. The Morgan fingerprint density at radius 1 is 1.69 bits per heavy atom. The minimum absolute atomic E-state index is 0. The van der Waals surface area contributed by atoms with Crippen LogP contribution in [0.4, 0.5) is 0 Å². The molecule has 0 atom stereocenters. The van der Waals surface area contributed by atoms with E-state index in [0.717, 1.165) is 37.8 Å². The lowest BCUT2D eigenvalue weighted by Crippen LogP contribution is -2.41. The van der Waals surface area contributed by atoms with E-state index < -0.39 is 0 Å². The lowest BCUT2D eigenvalue weighted by molar-refractivity contribution is -0.137. The second-order valence-electron chi connectivity index (χ2n) is 3.07. The number of halogens is 1. The summed E-state index contributed by atoms with van der Waals surface area (Å²) in [4.78, 5) is 15.0. The third-order valence-electron chi connectivity index (χ3n) is 1.88. The van der Waals surface area contributed by atoms with Crippen molar-refractivity contribution < 1.29 is 9.53 Å². The molecule has 0 aliphatic carbocycles. The number of aliphatic imine (C=N–C) groups is 1. The maximum absolute atomic E-state index is 10.8. The van der Waals surface area contributed by atoms with E-state index >= 15 is 0 Å². The molecule has 1 aliphatic heterocycles. The van der Waals surface area contributed by atoms with Crippen molar-refractivity contribution in [3.8, 4) is 0 Å². The van der Waals surface area contributed by atoms with Crippen LogP contribution < -0.4 is 10.6 Å². The van der Waals surface area contributed by atoms with Crippen LogP contribution >= 0.6 is 35.7 Å². The van der Waals surface area contributed by atoms with E-state index in [1.54, 1.807) is 11.8 Å². The molecule has 0 aromatic rings. The average Bonchev–Trinajstić information content (AvgIpc) is 2.29. The van der Waals surface area contributed by atoms with Crippen molar-refractivity contribution in [2.24, 2.45) is 4.99 Å². The molecule has 16 heavy (non-hydrogen) atoms. The summed E-state index contributed by atoms with van der Waals surface area (Å²) in [7, 11) is 1.40. The first-order valence-electron chi connectivity index (χ1n) is 4.99. The second kappa shape index (κ2) is 10.0. The number of rotatable bonds is 5. The Hall–Kier alpha value is -0.180. The summed E-state index contributed by atoms with van der Waals surface area (Å²) >= 11 is 1.55. The van der Waals surface area contributed by atoms with Gasteiger partial charge in [0.15, 0.2) is 5.96 Å². The number of hydrogen-bond donors (Lipinski definition) is 2. The number of carbonyl (C=O) groups excluding carboxylic acids is 1. The van der Waals surface area contributed by atoms with Gasteiger partial charge in [-0.15, -0.1) is 35.7 Å². The van der Waals surface area contributed by atoms with Crippen molar-refractivity contribution in [3.05, 3.63) is 0 Å². The molecule has 7 heteroatoms. The van der Waals surface area contributed by atoms with Gasteiger partial charge < -0.3 is 15.4 Å². The fraction of sp³-hybridized carbons (Fsp3) is 0.778. The lowest BCUT2D eigenvalue weighted by atomic mass is 10.4. The van der Waals surface area contributed by atoms with Crippen LogP contribution in [0.3, 0.4) is 0 Å². The first-order valence-corrected chi connectivity index (χ1v) is 6.15. The van der Waals surface area contributed by atoms with Crippen molar-refractivity contribution in [2.45, 2.75) is 6.42 Å². The van der Waals surface area contributed by atoms with Gasteiger partial charge in [0, 0.05) is 25.4 Å². The third-order valence-corrected chi connectivity index (χ3v) is 2.82. The zero-order valence-electron chi connectivity index (χ0n) is 9.32. The van der Waals surface area contributed by atoms with Crippen molar-refractivity contribution >= 4 is 47.7 Å². The van der Waals surface area contributed by atoms with Gasteiger partial charge in [-0.05, 0) is 6.42 Å². The molecule has 0 aromatic heterocycles. The van der Waals surface area contributed by atoms with Gasteiger partial charge in [0.25, 0.3) is 0 Å². The van der Waals surface area contributed by atoms with Crippen molar-refractivity contribution in [1.82, 2.24) is 10.6 Å². The largest absolute Gasteiger partial charge is 0.468 e. The smallest absolute Gasteiger partial charge is 0.315 e. The molecule has 0 amide bonds. The monoisotopic (exact) mass is 359 g/mol. The van der Waals surface area contributed by atoms with Gasteiger partial charge in [-0.25, -0.2) is 0 Å². The van der Waals surface area contributed by atoms with E-state index in [2.05, 4.69) is 20.4 Å². The number of carbonyl (C=O) groups is 1. The van der Waals surface area contributed by atoms with Crippen molar-refractivity contribution in [3.63, 3.8) is 0 Å². The maximum atomic E-state index is 10.8. The standard InChI is InChI=1S/C9H17N3O2S.HI/c1-14-8(13)7-15-6-5-12-9-10-3-2-4-11-9;/h2-7H2,1H3,(H2,10,11,12);1H. The van der Waals surface area contributed by atoms with Crippen LogP contribution in [0.15, 0.2) is 4.99 Å². The highest BCUT2D eigenvalue weighted by molar-refractivity contribution is 14.0. The molecule has 0 spiro atoms. The molecule has 0 unspecified atom stereocenters. The zero-order chi connectivity index (χ0) is 10.9. The number of methoxy groups -OCH3 is 1. The number of esters is 1. The summed E-state index contributed by atoms with van der Waals surface area (Å²) in [5.41, 5.74) is 0. The second-order valence-corrected chi connectivity index (χ2v) is 4.17. The van der Waals surface area contributed by atoms with Gasteiger partial charge in [-0.1, -0.05) is 0 Å². The quantitative estimate of drug-likeness (QED) is 0.424. The fourth-order valence-corrected chi connectivity index (χ4v) is 1.78. The molecular formula is C9H18IN3O2S. The summed E-state index contributed by atoms with van der Waals surface area (Å²) in [6.07, 6.45) is 1.10. The van der Waals surface area contributed by atoms with E-state index in [9.17, 15) is 4.79 Å². The van der Waals surface area contributed by atoms with E-state index in [1.165, 1.54) is 7.11 Å². The van der Waals surface area contributed by atoms with E-state index in [1.807, 2.05) is 0 Å². The topological polar surface area (TPSA) is 62.7 Å². The molecule has 1 heterocycles. The molecule has 5 nitrogen and oxygen atoms in total. The van der Waals surface area contributed by atoms with Crippen LogP contribution in [0.25, 0.3) is 0 Å². The Bertz CT molecular complexity index is 239. The van der Waals surface area contributed by atoms with Crippen LogP contribution in [0.2, 0.25) is 0 Å². The zero-order valence-corrected chi connectivity index (χ0v) is 12.5. The first kappa shape index (κ1) is 15.8. The van der Waals surface area contributed by atoms with Crippen molar-refractivity contribution in [1.29, 1.82) is 0 Å². The van der Waals surface area contributed by atoms with Crippen LogP contribution in [0.5, 0.6) is 0 Å². The molecular weight excluding hydrogens is 341 g/mol. The summed E-state index contributed by atoms with van der Waals surface area (Å²) in [6.45, 7) is 2.69. The van der Waals surface area contributed by atoms with Gasteiger partial charge in [-0.2, -0.15) is 0 Å². The Kier molecular flexibility index (Phi) is 9.89. The van der Waals surface area contributed by atoms with E-state index in [4.69, 9.17) is 0 Å². The van der Waals surface area contributed by atoms with Gasteiger partial charge >= 0.3 is 5.97 Å². The number of guanidine groups is 1. The molecule has 2 N–H and O–H groups in total. The number of hydrogen-bond acceptors (Lipinski definition) is 6. The fourth-order valence-electron chi connectivity index (χ4n) is 1.11. The van der Waals surface area contributed by atoms with Crippen LogP contribution in [-0.4, -0.2) is 50.2 Å². The van der Waals surface area contributed by atoms with Gasteiger partial charge in [0.1, 0.15) is 0 Å². The number of thioether (sulfide) groups is 1. The molecule has 0 saturated heterocycles. The summed E-state index contributed by atoms with van der Waals surface area (Å²) in [6, 6.07) is 0. The normalized spacial score (nSPS) is 14.2. The first-order chi connectivity index (χ1) is 7.33. The molecule has 94 valence electrons. The average molecular weight is 359 g/mol. The molecule has 1 aliphatic rings. The van der Waals surface area contributed by atoms with Crippen LogP contribution in [0.1, 0.15) is 6.42 Å². The number of nitrogens with zero attached hydrogens (tertiary/aromatic N) is 1. The van der Waals surface area contributed by atoms with E-state index in [-0.39, 0.29) is 29.9 Å². The highest BCUT2D eigenvalue weighted by Crippen LogP contribution is 1.98. The highest BCUT2D eigenvalue weighted by Gasteiger charge is 2.03. The molecule has 0 aromatic carbocycles. The van der Waals surface area contributed by atoms with Crippen molar-refractivity contribution in [2.75, 3.05) is 38.2 Å². The lowest BCUT2D eigenvalue weighted by Gasteiger charge is -2.15. The molecule has 0 saturated carbocycles. The Morgan fingerprint density at radius 3 is 3.12 bits per heavy atom. The maximum Gasteiger partial charge on any atom is 0.315 e. The SMILES string of the molecule is COC(=O)CSCCNC1=NCCCN1.I. The predicted octanol–water partition coefficient (Wildman–Crippen LogP) is 0.449. The summed E-state index contributed by atoms with van der Waals surface area (Å²) in [5.74, 6) is 1.99. The van der Waals surface area contributed by atoms with Gasteiger partial charge in [0.2, 0.25) is 0 Å². The van der Waals surface area contributed by atoms with Gasteiger partial charge in [0.05, 0.1) is 12.9 Å². The molecule has 0 radical (unpaired) electrons. The van der Waals surface area contributed by atoms with Crippen LogP contribution in [-0.2, 0) is 9.53 Å². The van der Waals surface area contributed by atoms with E-state index in [0.29, 0.717) is 5.75 Å². The Balaban J connectivity index is 0.00000225. The third kappa shape index (κ3) is 7.15. The number of nitrogens with one attached hydrogen (secondary N) is 2. The predicted molar refractivity (Wildman–Crippen MR) is 77.7 cm³/mol. The summed E-state index contributed by atoms with van der Waals surface area (Å²) in [5, 5.41) is 6.35. The highest BCUT2D eigenvalue weighted by atomic mass is 127. The van der Waals surface area contributed by atoms with Gasteiger partial charge in [-0.3, -0.25) is 9.79 Å². The number of ether oxygens (including phenoxy) is 1. The Morgan fingerprint density at radius 2 is 2.50 bits per heavy atom. The summed E-state index contributed by atoms with van der Waals surface area (Å²) < 4.78 is 4.53. The molecule has 0 fully saturated rings. The minimum Gasteiger partial charge on any atom is -0.468 e. The molecule has 1 rings (SSSR count).